The van der Waals surface area contributed by atoms with E-state index in [4.69, 9.17) is 5.11 Å². The number of hydrogen-bond acceptors (Lipinski definition) is 1. The lowest BCUT2D eigenvalue weighted by molar-refractivity contribution is 0.296. The fourth-order valence-electron chi connectivity index (χ4n) is 0.201. The van der Waals surface area contributed by atoms with Crippen LogP contribution in [0.2, 0.25) is 0 Å². The minimum Gasteiger partial charge on any atom is -0.385 e. The summed E-state index contributed by atoms with van der Waals surface area (Å²) in [6.45, 7) is 1.91. The van der Waals surface area contributed by atoms with Gasteiger partial charge in [-0.15, -0.1) is 0 Å². The summed E-state index contributed by atoms with van der Waals surface area (Å²) < 4.78 is 0. The van der Waals surface area contributed by atoms with Crippen LogP contribution in [0, 0.1) is 0 Å². The highest BCUT2D eigenvalue weighted by atomic mass is 16.3. The maximum absolute atomic E-state index is 8.34. The molecule has 1 atom stereocenters. The normalized spacial score (nSPS) is 33.2. The zero-order valence-corrected chi connectivity index (χ0v) is 3.10. The Kier molecular flexibility index (Phi) is 0.350. The predicted molar refractivity (Wildman–Crippen MR) is 19.8 cm³/mol. The average molecular weight is 70.1 g/mol. The Labute approximate surface area is 30.9 Å². The van der Waals surface area contributed by atoms with E-state index in [2.05, 4.69) is 0 Å². The highest BCUT2D eigenvalue weighted by Crippen LogP contribution is 2.16. The van der Waals surface area contributed by atoms with Crippen molar-refractivity contribution in [1.82, 2.24) is 0 Å². The Morgan fingerprint density at radius 2 is 2.20 bits per heavy atom. The van der Waals surface area contributed by atoms with Gasteiger partial charge in [0, 0.05) is 0 Å². The van der Waals surface area contributed by atoms with E-state index in [1.807, 2.05) is 6.92 Å². The van der Waals surface area contributed by atoms with Gasteiger partial charge in [-0.25, -0.2) is 0 Å². The Morgan fingerprint density at radius 1 is 2.00 bits per heavy atom. The summed E-state index contributed by atoms with van der Waals surface area (Å²) in [5.41, 5.74) is 1.10. The number of rotatable bonds is 0. The summed E-state index contributed by atoms with van der Waals surface area (Å²) in [5, 5.41) is 8.34. The van der Waals surface area contributed by atoms with Crippen molar-refractivity contribution in [3.8, 4) is 0 Å². The molecule has 1 rings (SSSR count). The quantitative estimate of drug-likeness (QED) is 0.406. The van der Waals surface area contributed by atoms with Crippen LogP contribution in [0.15, 0.2) is 11.6 Å². The van der Waals surface area contributed by atoms with E-state index in [1.165, 1.54) is 0 Å². The first-order valence-corrected chi connectivity index (χ1v) is 1.67. The lowest BCUT2D eigenvalue weighted by Crippen LogP contribution is -1.76. The van der Waals surface area contributed by atoms with Crippen LogP contribution in [0.3, 0.4) is 0 Å². The smallest absolute Gasteiger partial charge is 0.0933 e. The van der Waals surface area contributed by atoms with Gasteiger partial charge in [0.15, 0.2) is 0 Å². The van der Waals surface area contributed by atoms with Crippen molar-refractivity contribution in [2.45, 2.75) is 13.0 Å². The molecule has 1 heteroatoms. The van der Waals surface area contributed by atoms with Crippen LogP contribution in [-0.4, -0.2) is 11.2 Å². The van der Waals surface area contributed by atoms with Gasteiger partial charge < -0.3 is 5.11 Å². The van der Waals surface area contributed by atoms with Crippen molar-refractivity contribution in [3.05, 3.63) is 11.6 Å². The molecule has 1 nitrogen and oxygen atoms in total. The van der Waals surface area contributed by atoms with Crippen LogP contribution in [0.5, 0.6) is 0 Å². The molecule has 1 N–H and O–H groups in total. The van der Waals surface area contributed by atoms with Gasteiger partial charge in [0.25, 0.3) is 0 Å². The molecule has 0 spiro atoms. The summed E-state index contributed by atoms with van der Waals surface area (Å²) in [6.07, 6.45) is 1.65. The van der Waals surface area contributed by atoms with E-state index in [0.29, 0.717) is 0 Å². The van der Waals surface area contributed by atoms with Crippen LogP contribution < -0.4 is 0 Å². The number of aliphatic hydroxyl groups is 1. The second-order valence-corrected chi connectivity index (χ2v) is 1.36. The average Bonchev–Trinajstić information content (AvgIpc) is 1.79. The van der Waals surface area contributed by atoms with E-state index >= 15 is 0 Å². The van der Waals surface area contributed by atoms with Crippen LogP contribution in [0.25, 0.3) is 0 Å². The summed E-state index contributed by atoms with van der Waals surface area (Å²) in [4.78, 5) is 0. The van der Waals surface area contributed by atoms with Crippen molar-refractivity contribution in [1.29, 1.82) is 0 Å². The summed E-state index contributed by atoms with van der Waals surface area (Å²) in [7, 11) is 0. The molecule has 0 aromatic heterocycles. The Morgan fingerprint density at radius 3 is 2.20 bits per heavy atom. The van der Waals surface area contributed by atoms with E-state index in [-0.39, 0.29) is 6.10 Å². The highest BCUT2D eigenvalue weighted by molar-refractivity contribution is 5.28. The third-order valence-corrected chi connectivity index (χ3v) is 0.778. The molecule has 0 aliphatic heterocycles. The second kappa shape index (κ2) is 0.601. The van der Waals surface area contributed by atoms with Crippen molar-refractivity contribution >= 4 is 0 Å². The molecule has 5 heavy (non-hydrogen) atoms. The van der Waals surface area contributed by atoms with Gasteiger partial charge >= 0.3 is 0 Å². The van der Waals surface area contributed by atoms with Gasteiger partial charge in [0.1, 0.15) is 0 Å². The van der Waals surface area contributed by atoms with Crippen molar-refractivity contribution in [2.75, 3.05) is 0 Å². The highest BCUT2D eigenvalue weighted by Gasteiger charge is 2.13. The molecule has 0 amide bonds. The molecule has 0 heterocycles. The summed E-state index contributed by atoms with van der Waals surface area (Å²) in [5.74, 6) is 0. The fourth-order valence-corrected chi connectivity index (χ4v) is 0.201. The minimum atomic E-state index is -0.157. The Balaban J connectivity index is 2.38. The van der Waals surface area contributed by atoms with E-state index in [0.717, 1.165) is 5.57 Å². The zero-order chi connectivity index (χ0) is 3.86. The molecule has 0 saturated heterocycles. The maximum atomic E-state index is 8.34. The van der Waals surface area contributed by atoms with E-state index < -0.39 is 0 Å². The van der Waals surface area contributed by atoms with Gasteiger partial charge in [-0.1, -0.05) is 6.08 Å². The molecular weight excluding hydrogens is 64.0 g/mol. The second-order valence-electron chi connectivity index (χ2n) is 1.36. The number of hydrogen-bond donors (Lipinski definition) is 1. The molecule has 0 aromatic rings. The number of aliphatic hydroxyl groups excluding tert-OH is 1. The topological polar surface area (TPSA) is 20.2 Å². The largest absolute Gasteiger partial charge is 0.385 e. The Hall–Kier alpha value is -0.300. The zero-order valence-electron chi connectivity index (χ0n) is 3.10. The molecule has 0 aromatic carbocycles. The first-order valence-electron chi connectivity index (χ1n) is 1.67. The molecule has 0 bridgehead atoms. The van der Waals surface area contributed by atoms with Gasteiger partial charge in [0.05, 0.1) is 6.10 Å². The monoisotopic (exact) mass is 70.0 g/mol. The standard InChI is InChI=1S/C4H6O/c1-3-2-4(3)5/h2,4-5H,1H3/t4-/m1/s1. The molecular formula is C4H6O. The van der Waals surface area contributed by atoms with Crippen LogP contribution >= 0.6 is 0 Å². The third kappa shape index (κ3) is 0.329. The van der Waals surface area contributed by atoms with E-state index in [1.54, 1.807) is 6.08 Å². The third-order valence-electron chi connectivity index (χ3n) is 0.778. The predicted octanol–water partition coefficient (Wildman–Crippen LogP) is 0.307. The lowest BCUT2D eigenvalue weighted by atomic mass is 10.5. The van der Waals surface area contributed by atoms with Gasteiger partial charge in [-0.05, 0) is 12.5 Å². The molecule has 0 unspecified atom stereocenters. The van der Waals surface area contributed by atoms with Crippen LogP contribution in [0.1, 0.15) is 6.92 Å². The summed E-state index contributed by atoms with van der Waals surface area (Å²) in [6, 6.07) is 0. The van der Waals surface area contributed by atoms with Crippen LogP contribution in [0.4, 0.5) is 0 Å². The lowest BCUT2D eigenvalue weighted by Gasteiger charge is -1.70. The first kappa shape index (κ1) is 2.91. The summed E-state index contributed by atoms with van der Waals surface area (Å²) >= 11 is 0. The molecule has 28 valence electrons. The SMILES string of the molecule is CC1=C[C@H]1O. The maximum Gasteiger partial charge on any atom is 0.0933 e. The minimum absolute atomic E-state index is 0.157. The molecule has 0 radical (unpaired) electrons. The molecule has 1 aliphatic carbocycles. The Bertz CT molecular complexity index is 73.7. The van der Waals surface area contributed by atoms with E-state index in [9.17, 15) is 0 Å². The fraction of sp³-hybridized carbons (Fsp3) is 0.500. The molecule has 0 fully saturated rings. The molecule has 0 saturated carbocycles. The van der Waals surface area contributed by atoms with Crippen molar-refractivity contribution in [3.63, 3.8) is 0 Å². The van der Waals surface area contributed by atoms with Gasteiger partial charge in [-0.3, -0.25) is 0 Å². The van der Waals surface area contributed by atoms with Crippen molar-refractivity contribution < 1.29 is 5.11 Å². The molecule has 1 aliphatic rings. The van der Waals surface area contributed by atoms with Gasteiger partial charge in [-0.2, -0.15) is 0 Å². The van der Waals surface area contributed by atoms with Crippen molar-refractivity contribution in [2.24, 2.45) is 0 Å². The van der Waals surface area contributed by atoms with Gasteiger partial charge in [0.2, 0.25) is 0 Å². The first-order chi connectivity index (χ1) is 2.30. The van der Waals surface area contributed by atoms with Crippen LogP contribution in [-0.2, 0) is 0 Å².